The molecular formula is C14H19NO2. The van der Waals surface area contributed by atoms with Crippen LogP contribution in [0.4, 0.5) is 0 Å². The van der Waals surface area contributed by atoms with Gasteiger partial charge in [0, 0.05) is 5.56 Å². The van der Waals surface area contributed by atoms with Crippen LogP contribution in [0.25, 0.3) is 0 Å². The van der Waals surface area contributed by atoms with E-state index >= 15 is 0 Å². The lowest BCUT2D eigenvalue weighted by molar-refractivity contribution is -0.216. The standard InChI is InChI=1S/C14H19NO2/c1-9(16)10-6-7-11-12(8-10)14(4,5)15(17)13(11,2)3/h6-8,17H,1-5H3. The smallest absolute Gasteiger partial charge is 0.159 e. The molecule has 0 radical (unpaired) electrons. The second-order valence-electron chi connectivity index (χ2n) is 5.75. The van der Waals surface area contributed by atoms with Crippen LogP contribution in [0.3, 0.4) is 0 Å². The topological polar surface area (TPSA) is 40.5 Å². The van der Waals surface area contributed by atoms with Gasteiger partial charge in [-0.25, -0.2) is 0 Å². The second-order valence-corrected chi connectivity index (χ2v) is 5.75. The second kappa shape index (κ2) is 3.40. The molecular weight excluding hydrogens is 214 g/mol. The molecule has 0 bridgehead atoms. The third-order valence-electron chi connectivity index (χ3n) is 3.80. The molecule has 0 aromatic heterocycles. The van der Waals surface area contributed by atoms with E-state index in [0.29, 0.717) is 5.56 Å². The predicted octanol–water partition coefficient (Wildman–Crippen LogP) is 3.06. The first-order valence-corrected chi connectivity index (χ1v) is 5.84. The van der Waals surface area contributed by atoms with Gasteiger partial charge in [0.05, 0.1) is 11.1 Å². The van der Waals surface area contributed by atoms with Gasteiger partial charge in [-0.3, -0.25) is 4.79 Å². The number of hydroxylamine groups is 2. The fourth-order valence-electron chi connectivity index (χ4n) is 2.73. The van der Waals surface area contributed by atoms with E-state index in [-0.39, 0.29) is 5.78 Å². The number of carbonyl (C=O) groups is 1. The molecule has 0 aliphatic carbocycles. The van der Waals surface area contributed by atoms with E-state index in [9.17, 15) is 10.0 Å². The Morgan fingerprint density at radius 1 is 1.12 bits per heavy atom. The van der Waals surface area contributed by atoms with Gasteiger partial charge in [-0.05, 0) is 51.8 Å². The minimum atomic E-state index is -0.468. The Morgan fingerprint density at radius 2 is 1.65 bits per heavy atom. The molecule has 1 aliphatic heterocycles. The van der Waals surface area contributed by atoms with Crippen molar-refractivity contribution in [3.05, 3.63) is 34.9 Å². The summed E-state index contributed by atoms with van der Waals surface area (Å²) in [6.07, 6.45) is 0. The number of ketones is 1. The number of hydrogen-bond acceptors (Lipinski definition) is 3. The van der Waals surface area contributed by atoms with Crippen molar-refractivity contribution >= 4 is 5.78 Å². The van der Waals surface area contributed by atoms with Gasteiger partial charge in [0.1, 0.15) is 0 Å². The van der Waals surface area contributed by atoms with Gasteiger partial charge in [-0.2, -0.15) is 5.06 Å². The zero-order valence-corrected chi connectivity index (χ0v) is 11.0. The molecule has 1 heterocycles. The van der Waals surface area contributed by atoms with E-state index in [4.69, 9.17) is 0 Å². The molecule has 0 saturated heterocycles. The zero-order valence-electron chi connectivity index (χ0n) is 11.0. The average molecular weight is 233 g/mol. The highest BCUT2D eigenvalue weighted by Gasteiger charge is 2.48. The first kappa shape index (κ1) is 12.3. The Kier molecular flexibility index (Phi) is 2.46. The number of carbonyl (C=O) groups excluding carboxylic acids is 1. The third kappa shape index (κ3) is 1.53. The summed E-state index contributed by atoms with van der Waals surface area (Å²) < 4.78 is 0. The molecule has 1 aromatic rings. The summed E-state index contributed by atoms with van der Waals surface area (Å²) in [5.41, 5.74) is 1.91. The van der Waals surface area contributed by atoms with Gasteiger partial charge in [0.2, 0.25) is 0 Å². The van der Waals surface area contributed by atoms with E-state index in [1.807, 2.05) is 45.9 Å². The number of Topliss-reactive ketones (excluding diaryl/α,β-unsaturated/α-hetero) is 1. The van der Waals surface area contributed by atoms with Crippen LogP contribution in [0.15, 0.2) is 18.2 Å². The number of fused-ring (bicyclic) bond motifs is 1. The van der Waals surface area contributed by atoms with Crippen LogP contribution in [-0.2, 0) is 11.1 Å². The van der Waals surface area contributed by atoms with Gasteiger partial charge < -0.3 is 5.21 Å². The maximum atomic E-state index is 11.4. The van der Waals surface area contributed by atoms with Gasteiger partial charge >= 0.3 is 0 Å². The average Bonchev–Trinajstić information content (AvgIpc) is 2.38. The lowest BCUT2D eigenvalue weighted by atomic mass is 9.89. The van der Waals surface area contributed by atoms with Crippen molar-refractivity contribution in [2.45, 2.75) is 45.7 Å². The van der Waals surface area contributed by atoms with Crippen LogP contribution in [-0.4, -0.2) is 16.1 Å². The summed E-state index contributed by atoms with van der Waals surface area (Å²) in [4.78, 5) is 11.4. The summed E-state index contributed by atoms with van der Waals surface area (Å²) in [5.74, 6) is 0.0535. The maximum Gasteiger partial charge on any atom is 0.159 e. The van der Waals surface area contributed by atoms with Crippen LogP contribution in [0, 0.1) is 0 Å². The molecule has 17 heavy (non-hydrogen) atoms. The van der Waals surface area contributed by atoms with Crippen molar-refractivity contribution in [2.75, 3.05) is 0 Å². The molecule has 0 atom stereocenters. The molecule has 0 unspecified atom stereocenters. The molecule has 3 nitrogen and oxygen atoms in total. The van der Waals surface area contributed by atoms with Gasteiger partial charge in [-0.15, -0.1) is 0 Å². The molecule has 0 fully saturated rings. The summed E-state index contributed by atoms with van der Waals surface area (Å²) in [7, 11) is 0. The summed E-state index contributed by atoms with van der Waals surface area (Å²) in [6.45, 7) is 9.45. The minimum absolute atomic E-state index is 0.0535. The molecule has 0 amide bonds. The lowest BCUT2D eigenvalue weighted by Crippen LogP contribution is -2.42. The number of benzene rings is 1. The van der Waals surface area contributed by atoms with Crippen LogP contribution in [0.1, 0.15) is 56.1 Å². The Morgan fingerprint density at radius 3 is 2.18 bits per heavy atom. The fraction of sp³-hybridized carbons (Fsp3) is 0.500. The predicted molar refractivity (Wildman–Crippen MR) is 66.1 cm³/mol. The molecule has 1 N–H and O–H groups in total. The zero-order chi connectivity index (χ0) is 13.0. The van der Waals surface area contributed by atoms with Crippen molar-refractivity contribution in [2.24, 2.45) is 0 Å². The molecule has 0 saturated carbocycles. The molecule has 1 aliphatic rings. The highest BCUT2D eigenvalue weighted by Crippen LogP contribution is 2.48. The summed E-state index contributed by atoms with van der Waals surface area (Å²) >= 11 is 0. The van der Waals surface area contributed by atoms with E-state index in [2.05, 4.69) is 0 Å². The normalized spacial score (nSPS) is 21.3. The molecule has 92 valence electrons. The van der Waals surface area contributed by atoms with Crippen LogP contribution in [0.2, 0.25) is 0 Å². The number of hydrogen-bond donors (Lipinski definition) is 1. The van der Waals surface area contributed by atoms with Crippen molar-refractivity contribution in [3.63, 3.8) is 0 Å². The first-order chi connectivity index (χ1) is 7.69. The van der Waals surface area contributed by atoms with E-state index in [0.717, 1.165) is 11.1 Å². The minimum Gasteiger partial charge on any atom is -0.312 e. The molecule has 2 rings (SSSR count). The third-order valence-corrected chi connectivity index (χ3v) is 3.80. The molecule has 0 spiro atoms. The Bertz CT molecular complexity index is 489. The van der Waals surface area contributed by atoms with Crippen molar-refractivity contribution in [1.82, 2.24) is 5.06 Å². The van der Waals surface area contributed by atoms with Crippen molar-refractivity contribution in [1.29, 1.82) is 0 Å². The lowest BCUT2D eigenvalue weighted by Gasteiger charge is -2.34. The Balaban J connectivity index is 2.68. The van der Waals surface area contributed by atoms with Crippen LogP contribution >= 0.6 is 0 Å². The highest BCUT2D eigenvalue weighted by molar-refractivity contribution is 5.94. The van der Waals surface area contributed by atoms with Crippen molar-refractivity contribution < 1.29 is 10.0 Å². The Hall–Kier alpha value is -1.19. The van der Waals surface area contributed by atoms with Crippen LogP contribution < -0.4 is 0 Å². The first-order valence-electron chi connectivity index (χ1n) is 5.84. The number of rotatable bonds is 1. The van der Waals surface area contributed by atoms with Gasteiger partial charge in [0.15, 0.2) is 5.78 Å². The Labute approximate surface area is 102 Å². The fourth-order valence-corrected chi connectivity index (χ4v) is 2.73. The van der Waals surface area contributed by atoms with Gasteiger partial charge in [0.25, 0.3) is 0 Å². The largest absolute Gasteiger partial charge is 0.312 e. The SMILES string of the molecule is CC(=O)c1ccc2c(c1)C(C)(C)N(O)C2(C)C. The van der Waals surface area contributed by atoms with E-state index < -0.39 is 11.1 Å². The van der Waals surface area contributed by atoms with E-state index in [1.54, 1.807) is 6.92 Å². The van der Waals surface area contributed by atoms with E-state index in [1.165, 1.54) is 5.06 Å². The maximum absolute atomic E-state index is 11.4. The number of nitrogens with zero attached hydrogens (tertiary/aromatic N) is 1. The summed E-state index contributed by atoms with van der Waals surface area (Å²) in [6, 6.07) is 5.68. The summed E-state index contributed by atoms with van der Waals surface area (Å²) in [5, 5.41) is 11.7. The monoisotopic (exact) mass is 233 g/mol. The van der Waals surface area contributed by atoms with Crippen molar-refractivity contribution in [3.8, 4) is 0 Å². The van der Waals surface area contributed by atoms with Gasteiger partial charge in [-0.1, -0.05) is 12.1 Å². The van der Waals surface area contributed by atoms with Crippen LogP contribution in [0.5, 0.6) is 0 Å². The highest BCUT2D eigenvalue weighted by atomic mass is 16.5. The molecule has 3 heteroatoms. The quantitative estimate of drug-likeness (QED) is 0.758. The molecule has 1 aromatic carbocycles.